The third-order valence-electron chi connectivity index (χ3n) is 7.07. The van der Waals surface area contributed by atoms with E-state index >= 15 is 0 Å². The van der Waals surface area contributed by atoms with Gasteiger partial charge in [-0.1, -0.05) is 60.7 Å². The van der Waals surface area contributed by atoms with E-state index < -0.39 is 0 Å². The van der Waals surface area contributed by atoms with Gasteiger partial charge in [0.1, 0.15) is 11.3 Å². The third-order valence-corrected chi connectivity index (χ3v) is 7.07. The number of nitrogens with zero attached hydrogens (tertiary/aromatic N) is 2. The van der Waals surface area contributed by atoms with Crippen LogP contribution in [-0.4, -0.2) is 55.0 Å². The number of carbonyl (C=O) groups is 1. The largest absolute Gasteiger partial charge is 0.493 e. The summed E-state index contributed by atoms with van der Waals surface area (Å²) in [5.74, 6) is 0.787. The minimum Gasteiger partial charge on any atom is -0.493 e. The van der Waals surface area contributed by atoms with Gasteiger partial charge in [-0.3, -0.25) is 9.69 Å². The molecule has 5 rings (SSSR count). The second-order valence-corrected chi connectivity index (χ2v) is 9.52. The smallest absolute Gasteiger partial charge is 0.246 e. The van der Waals surface area contributed by atoms with E-state index in [1.54, 1.807) is 12.3 Å². The molecule has 0 spiro atoms. The lowest BCUT2D eigenvalue weighted by Crippen LogP contribution is -2.48. The molecule has 4 aromatic rings. The number of allylic oxidation sites excluding steroid dienone is 1. The Labute approximate surface area is 219 Å². The maximum atomic E-state index is 13.2. The van der Waals surface area contributed by atoms with Gasteiger partial charge in [-0.2, -0.15) is 0 Å². The lowest BCUT2D eigenvalue weighted by Gasteiger charge is -2.34. The van der Waals surface area contributed by atoms with Crippen LogP contribution in [0.15, 0.2) is 89.6 Å². The summed E-state index contributed by atoms with van der Waals surface area (Å²) in [5.41, 5.74) is 6.07. The summed E-state index contributed by atoms with van der Waals surface area (Å²) < 4.78 is 11.8. The topological polar surface area (TPSA) is 45.9 Å². The highest BCUT2D eigenvalue weighted by atomic mass is 16.5. The molecular formula is C32H34N2O3. The Morgan fingerprint density at radius 3 is 2.38 bits per heavy atom. The fraction of sp³-hybridized carbons (Fsp3) is 0.281. The summed E-state index contributed by atoms with van der Waals surface area (Å²) >= 11 is 0. The molecule has 1 saturated heterocycles. The molecule has 1 fully saturated rings. The molecule has 0 atom stereocenters. The number of hydrogen-bond donors (Lipinski definition) is 0. The molecule has 0 bridgehead atoms. The number of piperazine rings is 1. The zero-order valence-electron chi connectivity index (χ0n) is 21.7. The molecular weight excluding hydrogens is 460 g/mol. The van der Waals surface area contributed by atoms with Crippen LogP contribution in [0, 0.1) is 0 Å². The zero-order valence-corrected chi connectivity index (χ0v) is 21.7. The average Bonchev–Trinajstić information content (AvgIpc) is 3.36. The van der Waals surface area contributed by atoms with Crippen LogP contribution in [0.5, 0.6) is 5.75 Å². The number of hydrogen-bond acceptors (Lipinski definition) is 4. The van der Waals surface area contributed by atoms with Crippen LogP contribution in [0.3, 0.4) is 0 Å². The van der Waals surface area contributed by atoms with E-state index in [2.05, 4.69) is 53.4 Å². The number of amides is 1. The van der Waals surface area contributed by atoms with Crippen molar-refractivity contribution in [2.45, 2.75) is 20.3 Å². The normalized spacial score (nSPS) is 14.8. The van der Waals surface area contributed by atoms with Gasteiger partial charge < -0.3 is 14.1 Å². The summed E-state index contributed by atoms with van der Waals surface area (Å²) in [4.78, 5) is 17.6. The van der Waals surface area contributed by atoms with Crippen LogP contribution in [0.2, 0.25) is 0 Å². The zero-order chi connectivity index (χ0) is 25.6. The molecule has 1 aromatic heterocycles. The monoisotopic (exact) mass is 494 g/mol. The molecule has 0 N–H and O–H groups in total. The fourth-order valence-corrected chi connectivity index (χ4v) is 4.96. The molecule has 5 nitrogen and oxygen atoms in total. The van der Waals surface area contributed by atoms with Gasteiger partial charge in [0.05, 0.1) is 12.9 Å². The van der Waals surface area contributed by atoms with Crippen molar-refractivity contribution in [2.24, 2.45) is 0 Å². The van der Waals surface area contributed by atoms with Crippen LogP contribution in [0.25, 0.3) is 27.7 Å². The standard InChI is InChI=1S/C32H34N2O3/c1-3-36-30-22-31-28(29(23-37-31)26-12-8-5-9-13-26)21-27(30)24(2)20-32(35)34-18-16-33(17-19-34)15-14-25-10-6-4-7-11-25/h4-13,20-23H,3,14-19H2,1-2H3/b24-20+. The summed E-state index contributed by atoms with van der Waals surface area (Å²) in [6.07, 6.45) is 4.59. The van der Waals surface area contributed by atoms with Crippen molar-refractivity contribution in [1.29, 1.82) is 0 Å². The van der Waals surface area contributed by atoms with Gasteiger partial charge in [0, 0.05) is 61.4 Å². The third kappa shape index (κ3) is 5.78. The summed E-state index contributed by atoms with van der Waals surface area (Å²) in [6, 6.07) is 24.8. The molecule has 190 valence electrons. The Morgan fingerprint density at radius 1 is 0.973 bits per heavy atom. The van der Waals surface area contributed by atoms with Crippen LogP contribution in [-0.2, 0) is 11.2 Å². The van der Waals surface area contributed by atoms with Crippen molar-refractivity contribution in [3.05, 3.63) is 96.3 Å². The van der Waals surface area contributed by atoms with E-state index in [1.807, 2.05) is 43.0 Å². The van der Waals surface area contributed by atoms with Crippen molar-refractivity contribution in [3.63, 3.8) is 0 Å². The number of ether oxygens (including phenoxy) is 1. The Kier molecular flexibility index (Phi) is 7.71. The van der Waals surface area contributed by atoms with Gasteiger partial charge >= 0.3 is 0 Å². The molecule has 0 aliphatic carbocycles. The van der Waals surface area contributed by atoms with E-state index in [9.17, 15) is 4.79 Å². The average molecular weight is 495 g/mol. The summed E-state index contributed by atoms with van der Waals surface area (Å²) in [7, 11) is 0. The van der Waals surface area contributed by atoms with E-state index in [1.165, 1.54) is 5.56 Å². The molecule has 5 heteroatoms. The Bertz CT molecular complexity index is 1370. The molecule has 1 aliphatic rings. The second-order valence-electron chi connectivity index (χ2n) is 9.52. The molecule has 2 heterocycles. The predicted octanol–water partition coefficient (Wildman–Crippen LogP) is 6.29. The quantitative estimate of drug-likeness (QED) is 0.270. The number of rotatable bonds is 8. The van der Waals surface area contributed by atoms with Gasteiger partial charge in [-0.25, -0.2) is 0 Å². The molecule has 1 amide bonds. The van der Waals surface area contributed by atoms with Crippen LogP contribution in [0.1, 0.15) is 25.0 Å². The minimum absolute atomic E-state index is 0.0539. The lowest BCUT2D eigenvalue weighted by atomic mass is 9.99. The minimum atomic E-state index is 0.0539. The van der Waals surface area contributed by atoms with Crippen LogP contribution < -0.4 is 4.74 Å². The highest BCUT2D eigenvalue weighted by molar-refractivity contribution is 6.00. The number of furan rings is 1. The van der Waals surface area contributed by atoms with Gasteiger partial charge in [0.25, 0.3) is 0 Å². The van der Waals surface area contributed by atoms with Gasteiger partial charge in [0.2, 0.25) is 5.91 Å². The van der Waals surface area contributed by atoms with E-state index in [4.69, 9.17) is 9.15 Å². The first-order chi connectivity index (χ1) is 18.1. The van der Waals surface area contributed by atoms with Gasteiger partial charge in [0.15, 0.2) is 0 Å². The van der Waals surface area contributed by atoms with E-state index in [0.29, 0.717) is 6.61 Å². The first-order valence-electron chi connectivity index (χ1n) is 13.1. The summed E-state index contributed by atoms with van der Waals surface area (Å²) in [6.45, 7) is 8.80. The second kappa shape index (κ2) is 11.5. The first kappa shape index (κ1) is 24.8. The molecule has 37 heavy (non-hydrogen) atoms. The van der Waals surface area contributed by atoms with Crippen LogP contribution in [0.4, 0.5) is 0 Å². The molecule has 0 saturated carbocycles. The van der Waals surface area contributed by atoms with E-state index in [-0.39, 0.29) is 5.91 Å². The maximum Gasteiger partial charge on any atom is 0.246 e. The molecule has 0 unspecified atom stereocenters. The van der Waals surface area contributed by atoms with Crippen LogP contribution >= 0.6 is 0 Å². The van der Waals surface area contributed by atoms with Crippen molar-refractivity contribution < 1.29 is 13.9 Å². The summed E-state index contributed by atoms with van der Waals surface area (Å²) in [5, 5.41) is 1.01. The van der Waals surface area contributed by atoms with Crippen molar-refractivity contribution >= 4 is 22.4 Å². The SMILES string of the molecule is CCOc1cc2occ(-c3ccccc3)c2cc1/C(C)=C/C(=O)N1CCN(CCc2ccccc2)CC1. The number of fused-ring (bicyclic) bond motifs is 1. The van der Waals surface area contributed by atoms with Gasteiger partial charge in [-0.05, 0) is 43.0 Å². The lowest BCUT2D eigenvalue weighted by molar-refractivity contribution is -0.127. The number of carbonyl (C=O) groups excluding carboxylic acids is 1. The van der Waals surface area contributed by atoms with E-state index in [0.717, 1.165) is 78.1 Å². The predicted molar refractivity (Wildman–Crippen MR) is 150 cm³/mol. The molecule has 3 aromatic carbocycles. The Morgan fingerprint density at radius 2 is 1.68 bits per heavy atom. The number of benzene rings is 3. The van der Waals surface area contributed by atoms with Gasteiger partial charge in [-0.15, -0.1) is 0 Å². The molecule has 0 radical (unpaired) electrons. The van der Waals surface area contributed by atoms with Crippen molar-refractivity contribution in [2.75, 3.05) is 39.3 Å². The highest BCUT2D eigenvalue weighted by Crippen LogP contribution is 2.37. The van der Waals surface area contributed by atoms with Crippen molar-refractivity contribution in [1.82, 2.24) is 9.80 Å². The fourth-order valence-electron chi connectivity index (χ4n) is 4.96. The maximum absolute atomic E-state index is 13.2. The Balaban J connectivity index is 1.30. The highest BCUT2D eigenvalue weighted by Gasteiger charge is 2.21. The molecule has 1 aliphatic heterocycles. The first-order valence-corrected chi connectivity index (χ1v) is 13.1. The Hall–Kier alpha value is -3.83. The van der Waals surface area contributed by atoms with Crippen molar-refractivity contribution in [3.8, 4) is 16.9 Å².